The van der Waals surface area contributed by atoms with Gasteiger partial charge >= 0.3 is 0 Å². The first-order valence-corrected chi connectivity index (χ1v) is 6.68. The Hall–Kier alpha value is -1.10. The van der Waals surface area contributed by atoms with Crippen LogP contribution in [0.4, 0.5) is 0 Å². The predicted molar refractivity (Wildman–Crippen MR) is 74.4 cm³/mol. The number of guanidine groups is 1. The van der Waals surface area contributed by atoms with Crippen molar-refractivity contribution in [3.63, 3.8) is 0 Å². The highest BCUT2D eigenvalue weighted by atomic mass is 32.1. The van der Waals surface area contributed by atoms with Gasteiger partial charge in [-0.15, -0.1) is 11.3 Å². The fourth-order valence-corrected chi connectivity index (χ4v) is 2.17. The van der Waals surface area contributed by atoms with E-state index in [1.807, 2.05) is 13.8 Å². The van der Waals surface area contributed by atoms with E-state index in [2.05, 4.69) is 41.4 Å². The highest BCUT2D eigenvalue weighted by molar-refractivity contribution is 7.09. The molecule has 0 aliphatic carbocycles. The summed E-state index contributed by atoms with van der Waals surface area (Å²) >= 11 is 1.64. The second-order valence-electron chi connectivity index (χ2n) is 5.38. The molecule has 1 heterocycles. The van der Waals surface area contributed by atoms with Gasteiger partial charge in [-0.1, -0.05) is 20.8 Å². The van der Waals surface area contributed by atoms with Gasteiger partial charge in [0.25, 0.3) is 0 Å². The van der Waals surface area contributed by atoms with Crippen LogP contribution < -0.4 is 11.1 Å². The number of aromatic nitrogens is 1. The number of nitrogens with one attached hydrogen (secondary N) is 1. The van der Waals surface area contributed by atoms with Crippen molar-refractivity contribution >= 4 is 17.3 Å². The first kappa shape index (κ1) is 14.0. The fourth-order valence-electron chi connectivity index (χ4n) is 1.22. The predicted octanol–water partition coefficient (Wildman–Crippen LogP) is 2.25. The zero-order valence-corrected chi connectivity index (χ0v) is 12.1. The van der Waals surface area contributed by atoms with Crippen LogP contribution in [0.1, 0.15) is 45.3 Å². The molecule has 0 aliphatic rings. The first-order valence-electron chi connectivity index (χ1n) is 5.80. The largest absolute Gasteiger partial charge is 0.370 e. The third kappa shape index (κ3) is 4.73. The van der Waals surface area contributed by atoms with Gasteiger partial charge in [0.15, 0.2) is 5.96 Å². The monoisotopic (exact) mass is 254 g/mol. The summed E-state index contributed by atoms with van der Waals surface area (Å²) in [6, 6.07) is 0.306. The van der Waals surface area contributed by atoms with Crippen LogP contribution in [0.3, 0.4) is 0 Å². The van der Waals surface area contributed by atoms with Gasteiger partial charge in [0.05, 0.1) is 12.2 Å². The number of nitrogens with zero attached hydrogens (tertiary/aromatic N) is 2. The van der Waals surface area contributed by atoms with E-state index in [0.717, 1.165) is 10.7 Å². The number of hydrogen-bond donors (Lipinski definition) is 2. The number of aliphatic imine (C=N–C) groups is 1. The molecule has 0 spiro atoms. The average Bonchev–Trinajstić information content (AvgIpc) is 2.61. The molecule has 0 aliphatic heterocycles. The van der Waals surface area contributed by atoms with E-state index in [0.29, 0.717) is 18.5 Å². The van der Waals surface area contributed by atoms with Crippen molar-refractivity contribution in [3.05, 3.63) is 16.1 Å². The van der Waals surface area contributed by atoms with Crippen molar-refractivity contribution < 1.29 is 0 Å². The molecule has 0 saturated heterocycles. The van der Waals surface area contributed by atoms with Gasteiger partial charge in [0.1, 0.15) is 5.01 Å². The van der Waals surface area contributed by atoms with E-state index >= 15 is 0 Å². The summed E-state index contributed by atoms with van der Waals surface area (Å²) in [5, 5.41) is 6.15. The van der Waals surface area contributed by atoms with Crippen molar-refractivity contribution in [2.45, 2.75) is 52.6 Å². The molecule has 96 valence electrons. The van der Waals surface area contributed by atoms with Gasteiger partial charge in [-0.05, 0) is 13.8 Å². The minimum Gasteiger partial charge on any atom is -0.370 e. The molecule has 3 N–H and O–H groups in total. The molecule has 0 atom stereocenters. The zero-order valence-electron chi connectivity index (χ0n) is 11.2. The summed E-state index contributed by atoms with van der Waals surface area (Å²) in [6.07, 6.45) is 0. The molecule has 4 nitrogen and oxygen atoms in total. The molecule has 1 rings (SSSR count). The van der Waals surface area contributed by atoms with Gasteiger partial charge in [0.2, 0.25) is 0 Å². The summed E-state index contributed by atoms with van der Waals surface area (Å²) in [6.45, 7) is 11.1. The van der Waals surface area contributed by atoms with Crippen molar-refractivity contribution in [1.82, 2.24) is 10.3 Å². The SMILES string of the molecule is CC(C)NC(N)=NCc1nc(C(C)(C)C)cs1. The van der Waals surface area contributed by atoms with E-state index in [1.165, 1.54) is 0 Å². The van der Waals surface area contributed by atoms with Crippen molar-refractivity contribution in [2.24, 2.45) is 10.7 Å². The molecular weight excluding hydrogens is 232 g/mol. The van der Waals surface area contributed by atoms with Crippen LogP contribution in [0.2, 0.25) is 0 Å². The third-order valence-electron chi connectivity index (χ3n) is 2.14. The van der Waals surface area contributed by atoms with E-state index < -0.39 is 0 Å². The molecule has 0 aromatic carbocycles. The molecule has 0 amide bonds. The molecule has 17 heavy (non-hydrogen) atoms. The van der Waals surface area contributed by atoms with Crippen LogP contribution in [0.25, 0.3) is 0 Å². The lowest BCUT2D eigenvalue weighted by molar-refractivity contribution is 0.571. The molecule has 0 unspecified atom stereocenters. The maximum atomic E-state index is 5.73. The maximum Gasteiger partial charge on any atom is 0.189 e. The Morgan fingerprint density at radius 2 is 2.18 bits per heavy atom. The van der Waals surface area contributed by atoms with Crippen LogP contribution in [0.5, 0.6) is 0 Å². The van der Waals surface area contributed by atoms with E-state index in [9.17, 15) is 0 Å². The Kier molecular flexibility index (Phi) is 4.51. The quantitative estimate of drug-likeness (QED) is 0.642. The van der Waals surface area contributed by atoms with E-state index in [-0.39, 0.29) is 5.41 Å². The average molecular weight is 254 g/mol. The van der Waals surface area contributed by atoms with Gasteiger partial charge in [-0.25, -0.2) is 9.98 Å². The lowest BCUT2D eigenvalue weighted by Crippen LogP contribution is -2.36. The lowest BCUT2D eigenvalue weighted by Gasteiger charge is -2.14. The fraction of sp³-hybridized carbons (Fsp3) is 0.667. The lowest BCUT2D eigenvalue weighted by atomic mass is 9.93. The van der Waals surface area contributed by atoms with Gasteiger partial charge in [-0.3, -0.25) is 0 Å². The molecule has 0 bridgehead atoms. The molecular formula is C12H22N4S. The van der Waals surface area contributed by atoms with E-state index in [4.69, 9.17) is 5.73 Å². The molecule has 1 aromatic rings. The minimum atomic E-state index is 0.0974. The molecule has 0 saturated carbocycles. The molecule has 5 heteroatoms. The standard InChI is InChI=1S/C12H22N4S/c1-8(2)15-11(13)14-6-10-16-9(7-17-10)12(3,4)5/h7-8H,6H2,1-5H3,(H3,13,14,15). The topological polar surface area (TPSA) is 63.3 Å². The highest BCUT2D eigenvalue weighted by Gasteiger charge is 2.17. The smallest absolute Gasteiger partial charge is 0.189 e. The number of hydrogen-bond acceptors (Lipinski definition) is 3. The van der Waals surface area contributed by atoms with E-state index in [1.54, 1.807) is 11.3 Å². The van der Waals surface area contributed by atoms with Crippen LogP contribution >= 0.6 is 11.3 Å². The van der Waals surface area contributed by atoms with Crippen molar-refractivity contribution in [1.29, 1.82) is 0 Å². The Balaban J connectivity index is 2.61. The number of thiazole rings is 1. The third-order valence-corrected chi connectivity index (χ3v) is 2.97. The highest BCUT2D eigenvalue weighted by Crippen LogP contribution is 2.24. The number of nitrogens with two attached hydrogens (primary N) is 1. The number of rotatable bonds is 3. The second kappa shape index (κ2) is 5.49. The van der Waals surface area contributed by atoms with Crippen molar-refractivity contribution in [2.75, 3.05) is 0 Å². The Bertz CT molecular complexity index is 387. The normalized spacial score (nSPS) is 13.2. The second-order valence-corrected chi connectivity index (χ2v) is 6.32. The maximum absolute atomic E-state index is 5.73. The van der Waals surface area contributed by atoms with Gasteiger partial charge < -0.3 is 11.1 Å². The zero-order chi connectivity index (χ0) is 13.1. The Morgan fingerprint density at radius 1 is 1.53 bits per heavy atom. The molecule has 0 fully saturated rings. The van der Waals surface area contributed by atoms with Crippen LogP contribution in [-0.2, 0) is 12.0 Å². The summed E-state index contributed by atoms with van der Waals surface area (Å²) in [4.78, 5) is 8.82. The summed E-state index contributed by atoms with van der Waals surface area (Å²) in [5.74, 6) is 0.479. The molecule has 0 radical (unpaired) electrons. The van der Waals surface area contributed by atoms with Gasteiger partial charge in [-0.2, -0.15) is 0 Å². The summed E-state index contributed by atoms with van der Waals surface area (Å²) < 4.78 is 0. The first-order chi connectivity index (χ1) is 7.79. The van der Waals surface area contributed by atoms with Crippen molar-refractivity contribution in [3.8, 4) is 0 Å². The van der Waals surface area contributed by atoms with Crippen LogP contribution in [-0.4, -0.2) is 17.0 Å². The summed E-state index contributed by atoms with van der Waals surface area (Å²) in [7, 11) is 0. The van der Waals surface area contributed by atoms with Crippen LogP contribution in [0.15, 0.2) is 10.4 Å². The Morgan fingerprint density at radius 3 is 2.65 bits per heavy atom. The minimum absolute atomic E-state index is 0.0974. The molecule has 1 aromatic heterocycles. The van der Waals surface area contributed by atoms with Gasteiger partial charge in [0, 0.05) is 16.8 Å². The van der Waals surface area contributed by atoms with Crippen LogP contribution in [0, 0.1) is 0 Å². The Labute approximate surface area is 107 Å². The summed E-state index contributed by atoms with van der Waals surface area (Å²) in [5.41, 5.74) is 6.94.